The number of benzene rings is 1. The smallest absolute Gasteiger partial charge is 0.169 e. The summed E-state index contributed by atoms with van der Waals surface area (Å²) in [6, 6.07) is 11.7. The van der Waals surface area contributed by atoms with Gasteiger partial charge in [-0.1, -0.05) is 30.3 Å². The molecule has 0 saturated heterocycles. The quantitative estimate of drug-likeness (QED) is 0.832. The number of aliphatic hydroxyl groups is 2. The molecule has 0 radical (unpaired) electrons. The largest absolute Gasteiger partial charge is 0.394 e. The highest BCUT2D eigenvalue weighted by atomic mass is 16.5. The number of hydrogen-bond donors (Lipinski definition) is 2. The molecule has 0 bridgehead atoms. The number of nitriles is 1. The van der Waals surface area contributed by atoms with Gasteiger partial charge in [-0.15, -0.1) is 0 Å². The zero-order valence-corrected chi connectivity index (χ0v) is 14.4. The highest BCUT2D eigenvalue weighted by Crippen LogP contribution is 2.41. The minimum atomic E-state index is -0.997. The molecule has 2 atom stereocenters. The SMILES string of the molecule is COC1C=C2C(=CN(CC(O)CO)C(C#N)=C2c2ccccc2)CC1=O. The van der Waals surface area contributed by atoms with E-state index in [1.165, 1.54) is 7.11 Å². The number of fused-ring (bicyclic) bond motifs is 1. The van der Waals surface area contributed by atoms with Crippen molar-refractivity contribution in [2.45, 2.75) is 18.6 Å². The number of allylic oxidation sites excluding steroid dienone is 4. The molecular formula is C20H20N2O4. The molecule has 26 heavy (non-hydrogen) atoms. The first-order valence-electron chi connectivity index (χ1n) is 8.33. The van der Waals surface area contributed by atoms with Gasteiger partial charge in [0.1, 0.15) is 17.9 Å². The fourth-order valence-corrected chi connectivity index (χ4v) is 3.26. The van der Waals surface area contributed by atoms with Crippen LogP contribution in [0.3, 0.4) is 0 Å². The molecule has 1 heterocycles. The number of methoxy groups -OCH3 is 1. The molecule has 0 spiro atoms. The van der Waals surface area contributed by atoms with Crippen LogP contribution in [0.2, 0.25) is 0 Å². The topological polar surface area (TPSA) is 93.8 Å². The number of aliphatic hydroxyl groups excluding tert-OH is 2. The van der Waals surface area contributed by atoms with E-state index >= 15 is 0 Å². The fraction of sp³-hybridized carbons (Fsp3) is 0.300. The Morgan fingerprint density at radius 3 is 2.73 bits per heavy atom. The summed E-state index contributed by atoms with van der Waals surface area (Å²) in [6.07, 6.45) is 2.00. The van der Waals surface area contributed by atoms with Gasteiger partial charge in [0.15, 0.2) is 5.78 Å². The molecule has 134 valence electrons. The molecule has 1 aromatic carbocycles. The summed E-state index contributed by atoms with van der Waals surface area (Å²) in [5, 5.41) is 28.8. The van der Waals surface area contributed by atoms with Gasteiger partial charge in [-0.2, -0.15) is 5.26 Å². The lowest BCUT2D eigenvalue weighted by Crippen LogP contribution is -2.35. The Labute approximate surface area is 151 Å². The number of β-amino-alcohol motifs (C(OH)–C–C–N with tert-alkyl or cyclic N) is 1. The Kier molecular flexibility index (Phi) is 5.33. The number of carbonyl (C=O) groups is 1. The molecule has 6 heteroatoms. The van der Waals surface area contributed by atoms with Crippen LogP contribution in [0.5, 0.6) is 0 Å². The zero-order valence-electron chi connectivity index (χ0n) is 14.4. The average molecular weight is 352 g/mol. The summed E-state index contributed by atoms with van der Waals surface area (Å²) in [7, 11) is 1.48. The van der Waals surface area contributed by atoms with Crippen LogP contribution >= 0.6 is 0 Å². The van der Waals surface area contributed by atoms with E-state index in [4.69, 9.17) is 4.74 Å². The van der Waals surface area contributed by atoms with E-state index in [0.29, 0.717) is 11.3 Å². The van der Waals surface area contributed by atoms with Gasteiger partial charge in [-0.05, 0) is 22.8 Å². The normalized spacial score (nSPS) is 20.9. The molecule has 1 aromatic rings. The molecule has 0 amide bonds. The standard InChI is InChI=1S/C20H20N2O4/c1-26-19-8-16-14(7-18(19)25)10-22(11-15(24)12-23)17(9-21)20(16)13-5-3-2-4-6-13/h2-6,8,10,15,19,23-24H,7,11-12H2,1H3. The minimum Gasteiger partial charge on any atom is -0.394 e. The van der Waals surface area contributed by atoms with Gasteiger partial charge in [-0.3, -0.25) is 4.79 Å². The second-order valence-corrected chi connectivity index (χ2v) is 6.22. The van der Waals surface area contributed by atoms with E-state index in [0.717, 1.165) is 16.7 Å². The monoisotopic (exact) mass is 352 g/mol. The molecule has 2 N–H and O–H groups in total. The second kappa shape index (κ2) is 7.67. The van der Waals surface area contributed by atoms with Gasteiger partial charge in [0.05, 0.1) is 19.3 Å². The molecule has 0 aromatic heterocycles. The number of ketones is 1. The van der Waals surface area contributed by atoms with Gasteiger partial charge in [-0.25, -0.2) is 0 Å². The third-order valence-corrected chi connectivity index (χ3v) is 4.49. The number of hydrogen-bond acceptors (Lipinski definition) is 6. The van der Waals surface area contributed by atoms with Gasteiger partial charge in [0, 0.05) is 25.3 Å². The van der Waals surface area contributed by atoms with Crippen molar-refractivity contribution < 1.29 is 19.7 Å². The highest BCUT2D eigenvalue weighted by molar-refractivity contribution is 5.98. The van der Waals surface area contributed by atoms with Crippen molar-refractivity contribution in [2.24, 2.45) is 0 Å². The predicted octanol–water partition coefficient (Wildman–Crippen LogP) is 1.39. The van der Waals surface area contributed by atoms with E-state index in [-0.39, 0.29) is 18.7 Å². The third-order valence-electron chi connectivity index (χ3n) is 4.49. The Morgan fingerprint density at radius 1 is 1.38 bits per heavy atom. The maximum atomic E-state index is 12.3. The van der Waals surface area contributed by atoms with E-state index in [1.807, 2.05) is 30.3 Å². The molecule has 1 aliphatic carbocycles. The van der Waals surface area contributed by atoms with Crippen LogP contribution in [0.15, 0.2) is 59.5 Å². The average Bonchev–Trinajstić information content (AvgIpc) is 2.67. The van der Waals surface area contributed by atoms with Gasteiger partial charge >= 0.3 is 0 Å². The second-order valence-electron chi connectivity index (χ2n) is 6.22. The Hall–Kier alpha value is -2.72. The van der Waals surface area contributed by atoms with E-state index in [1.54, 1.807) is 17.2 Å². The summed E-state index contributed by atoms with van der Waals surface area (Å²) in [5.41, 5.74) is 3.47. The van der Waals surface area contributed by atoms with Crippen molar-refractivity contribution in [3.05, 3.63) is 65.0 Å². The van der Waals surface area contributed by atoms with Gasteiger partial charge in [0.2, 0.25) is 0 Å². The predicted molar refractivity (Wildman–Crippen MR) is 95.4 cm³/mol. The number of Topliss-reactive ketones (excluding diaryl/α,β-unsaturated/α-hetero) is 1. The van der Waals surface area contributed by atoms with Crippen molar-refractivity contribution in [3.63, 3.8) is 0 Å². The van der Waals surface area contributed by atoms with Crippen molar-refractivity contribution in [1.82, 2.24) is 4.90 Å². The lowest BCUT2D eigenvalue weighted by atomic mass is 9.81. The van der Waals surface area contributed by atoms with Crippen LogP contribution in [0.1, 0.15) is 12.0 Å². The van der Waals surface area contributed by atoms with Gasteiger partial charge < -0.3 is 19.8 Å². The maximum Gasteiger partial charge on any atom is 0.169 e. The highest BCUT2D eigenvalue weighted by Gasteiger charge is 2.33. The molecule has 2 aliphatic rings. The van der Waals surface area contributed by atoms with Crippen molar-refractivity contribution in [2.75, 3.05) is 20.3 Å². The molecule has 6 nitrogen and oxygen atoms in total. The van der Waals surface area contributed by atoms with E-state index in [2.05, 4.69) is 6.07 Å². The molecule has 3 rings (SSSR count). The number of rotatable bonds is 5. The maximum absolute atomic E-state index is 12.3. The third kappa shape index (κ3) is 3.33. The fourth-order valence-electron chi connectivity index (χ4n) is 3.26. The number of ether oxygens (including phenoxy) is 1. The number of nitrogens with zero attached hydrogens (tertiary/aromatic N) is 2. The van der Waals surface area contributed by atoms with Crippen LogP contribution in [0.25, 0.3) is 5.57 Å². The van der Waals surface area contributed by atoms with E-state index < -0.39 is 18.8 Å². The van der Waals surface area contributed by atoms with Crippen molar-refractivity contribution >= 4 is 11.4 Å². The van der Waals surface area contributed by atoms with Crippen LogP contribution in [0.4, 0.5) is 0 Å². The lowest BCUT2D eigenvalue weighted by Gasteiger charge is -2.34. The first kappa shape index (κ1) is 18.1. The summed E-state index contributed by atoms with van der Waals surface area (Å²) in [5.74, 6) is -0.0574. The zero-order chi connectivity index (χ0) is 18.7. The summed E-state index contributed by atoms with van der Waals surface area (Å²) >= 11 is 0. The first-order chi connectivity index (χ1) is 12.6. The van der Waals surface area contributed by atoms with Crippen molar-refractivity contribution in [1.29, 1.82) is 5.26 Å². The molecule has 0 fully saturated rings. The first-order valence-corrected chi connectivity index (χ1v) is 8.33. The molecule has 1 aliphatic heterocycles. The minimum absolute atomic E-state index is 0.0574. The van der Waals surface area contributed by atoms with E-state index in [9.17, 15) is 20.3 Å². The van der Waals surface area contributed by atoms with Crippen LogP contribution in [-0.4, -0.2) is 53.4 Å². The molecular weight excluding hydrogens is 332 g/mol. The Bertz CT molecular complexity index is 833. The number of carbonyl (C=O) groups excluding carboxylic acids is 1. The summed E-state index contributed by atoms with van der Waals surface area (Å²) in [4.78, 5) is 13.9. The summed E-state index contributed by atoms with van der Waals surface area (Å²) < 4.78 is 5.27. The molecule has 0 saturated carbocycles. The van der Waals surface area contributed by atoms with Gasteiger partial charge in [0.25, 0.3) is 0 Å². The Balaban J connectivity index is 2.18. The lowest BCUT2D eigenvalue weighted by molar-refractivity contribution is -0.125. The molecule has 2 unspecified atom stereocenters. The summed E-state index contributed by atoms with van der Waals surface area (Å²) in [6.45, 7) is -0.346. The van der Waals surface area contributed by atoms with Crippen LogP contribution in [-0.2, 0) is 9.53 Å². The van der Waals surface area contributed by atoms with Crippen LogP contribution < -0.4 is 0 Å². The Morgan fingerprint density at radius 2 is 2.12 bits per heavy atom. The van der Waals surface area contributed by atoms with Crippen molar-refractivity contribution in [3.8, 4) is 6.07 Å². The van der Waals surface area contributed by atoms with Crippen LogP contribution in [0, 0.1) is 11.3 Å².